The highest BCUT2D eigenvalue weighted by molar-refractivity contribution is 5.76. The van der Waals surface area contributed by atoms with Gasteiger partial charge in [-0.3, -0.25) is 4.79 Å². The molecule has 0 atom stereocenters. The third kappa shape index (κ3) is 6.13. The van der Waals surface area contributed by atoms with Crippen molar-refractivity contribution < 1.29 is 4.79 Å². The summed E-state index contributed by atoms with van der Waals surface area (Å²) < 4.78 is 0. The molecule has 0 aliphatic carbocycles. The fourth-order valence-corrected chi connectivity index (χ4v) is 1.69. The minimum Gasteiger partial charge on any atom is -0.385 e. The number of unbranched alkanes of at least 4 members (excludes halogenated alkanes) is 1. The van der Waals surface area contributed by atoms with Crippen LogP contribution in [0.25, 0.3) is 0 Å². The summed E-state index contributed by atoms with van der Waals surface area (Å²) in [5.74, 6) is 0.117. The van der Waals surface area contributed by atoms with E-state index in [9.17, 15) is 4.79 Å². The van der Waals surface area contributed by atoms with E-state index in [4.69, 9.17) is 0 Å². The van der Waals surface area contributed by atoms with Crippen LogP contribution in [0.15, 0.2) is 24.3 Å². The van der Waals surface area contributed by atoms with Gasteiger partial charge < -0.3 is 15.5 Å². The molecule has 4 heteroatoms. The second kappa shape index (κ2) is 8.40. The molecule has 4 nitrogen and oxygen atoms in total. The van der Waals surface area contributed by atoms with Gasteiger partial charge in [0.05, 0.1) is 0 Å². The summed E-state index contributed by atoms with van der Waals surface area (Å²) in [4.78, 5) is 13.6. The van der Waals surface area contributed by atoms with Crippen LogP contribution in [-0.2, 0) is 4.79 Å². The molecule has 0 aliphatic rings. The van der Waals surface area contributed by atoms with Gasteiger partial charge in [0.25, 0.3) is 0 Å². The second-order valence-corrected chi connectivity index (χ2v) is 4.82. The molecule has 1 aromatic rings. The van der Waals surface area contributed by atoms with Gasteiger partial charge in [-0.25, -0.2) is 0 Å². The Morgan fingerprint density at radius 1 is 1.16 bits per heavy atom. The number of anilines is 2. The average Bonchev–Trinajstić information content (AvgIpc) is 2.39. The summed E-state index contributed by atoms with van der Waals surface area (Å²) in [5, 5.41) is 6.16. The highest BCUT2D eigenvalue weighted by Crippen LogP contribution is 2.15. The minimum absolute atomic E-state index is 0.117. The lowest BCUT2D eigenvalue weighted by atomic mass is 10.2. The van der Waals surface area contributed by atoms with Crippen molar-refractivity contribution in [3.8, 4) is 0 Å². The maximum Gasteiger partial charge on any atom is 0.221 e. The van der Waals surface area contributed by atoms with Crippen LogP contribution >= 0.6 is 0 Å². The van der Waals surface area contributed by atoms with Crippen LogP contribution in [-0.4, -0.2) is 33.1 Å². The standard InChI is InChI=1S/C15H25N3O/c1-4-5-11-17-15(19)10-12-16-13-6-8-14(9-7-13)18(2)3/h6-9,16H,4-5,10-12H2,1-3H3,(H,17,19). The number of carbonyl (C=O) groups excluding carboxylic acids is 1. The van der Waals surface area contributed by atoms with E-state index in [-0.39, 0.29) is 5.91 Å². The number of nitrogens with one attached hydrogen (secondary N) is 2. The summed E-state index contributed by atoms with van der Waals surface area (Å²) in [6.07, 6.45) is 2.67. The molecule has 1 aromatic carbocycles. The quantitative estimate of drug-likeness (QED) is 0.708. The Balaban J connectivity index is 2.23. The summed E-state index contributed by atoms with van der Waals surface area (Å²) in [7, 11) is 4.03. The van der Waals surface area contributed by atoms with Gasteiger partial charge in [0.15, 0.2) is 0 Å². The van der Waals surface area contributed by atoms with Crippen molar-refractivity contribution in [3.63, 3.8) is 0 Å². The highest BCUT2D eigenvalue weighted by atomic mass is 16.1. The summed E-state index contributed by atoms with van der Waals surface area (Å²) >= 11 is 0. The Kier molecular flexibility index (Phi) is 6.79. The molecule has 0 saturated heterocycles. The normalized spacial score (nSPS) is 10.1. The second-order valence-electron chi connectivity index (χ2n) is 4.82. The van der Waals surface area contributed by atoms with E-state index in [1.807, 2.05) is 26.2 Å². The van der Waals surface area contributed by atoms with E-state index in [1.165, 1.54) is 5.69 Å². The van der Waals surface area contributed by atoms with E-state index in [0.717, 1.165) is 25.1 Å². The van der Waals surface area contributed by atoms with Crippen LogP contribution in [0, 0.1) is 0 Å². The van der Waals surface area contributed by atoms with Crippen molar-refractivity contribution in [1.29, 1.82) is 0 Å². The third-order valence-corrected chi connectivity index (χ3v) is 2.92. The van der Waals surface area contributed by atoms with Crippen molar-refractivity contribution in [1.82, 2.24) is 5.32 Å². The van der Waals surface area contributed by atoms with Gasteiger partial charge in [0, 0.05) is 45.0 Å². The highest BCUT2D eigenvalue weighted by Gasteiger charge is 2.00. The fraction of sp³-hybridized carbons (Fsp3) is 0.533. The maximum absolute atomic E-state index is 11.5. The first kappa shape index (κ1) is 15.3. The lowest BCUT2D eigenvalue weighted by Crippen LogP contribution is -2.26. The molecule has 0 heterocycles. The van der Waals surface area contributed by atoms with Crippen LogP contribution in [0.2, 0.25) is 0 Å². The van der Waals surface area contributed by atoms with Crippen molar-refractivity contribution in [3.05, 3.63) is 24.3 Å². The van der Waals surface area contributed by atoms with E-state index in [1.54, 1.807) is 0 Å². The zero-order chi connectivity index (χ0) is 14.1. The van der Waals surface area contributed by atoms with E-state index in [0.29, 0.717) is 13.0 Å². The SMILES string of the molecule is CCCCNC(=O)CCNc1ccc(N(C)C)cc1. The lowest BCUT2D eigenvalue weighted by molar-refractivity contribution is -0.120. The number of benzene rings is 1. The van der Waals surface area contributed by atoms with Gasteiger partial charge in [0.2, 0.25) is 5.91 Å². The van der Waals surface area contributed by atoms with E-state index < -0.39 is 0 Å². The first-order valence-electron chi connectivity index (χ1n) is 6.91. The molecule has 0 saturated carbocycles. The Bertz CT molecular complexity index is 373. The van der Waals surface area contributed by atoms with Crippen LogP contribution < -0.4 is 15.5 Å². The molecule has 106 valence electrons. The number of carbonyl (C=O) groups is 1. The predicted molar refractivity (Wildman–Crippen MR) is 81.8 cm³/mol. The Morgan fingerprint density at radius 2 is 1.84 bits per heavy atom. The molecular weight excluding hydrogens is 238 g/mol. The molecule has 0 unspecified atom stereocenters. The van der Waals surface area contributed by atoms with Crippen molar-refractivity contribution in [2.45, 2.75) is 26.2 Å². The minimum atomic E-state index is 0.117. The summed E-state index contributed by atoms with van der Waals surface area (Å²) in [5.41, 5.74) is 2.22. The van der Waals surface area contributed by atoms with Crippen LogP contribution in [0.3, 0.4) is 0 Å². The molecule has 0 aromatic heterocycles. The Hall–Kier alpha value is -1.71. The average molecular weight is 263 g/mol. The number of hydrogen-bond donors (Lipinski definition) is 2. The molecular formula is C15H25N3O. The zero-order valence-electron chi connectivity index (χ0n) is 12.2. The maximum atomic E-state index is 11.5. The Labute approximate surface area is 116 Å². The smallest absolute Gasteiger partial charge is 0.221 e. The van der Waals surface area contributed by atoms with Crippen LogP contribution in [0.4, 0.5) is 11.4 Å². The van der Waals surface area contributed by atoms with Gasteiger partial charge in [-0.1, -0.05) is 13.3 Å². The molecule has 0 fully saturated rings. The fourth-order valence-electron chi connectivity index (χ4n) is 1.69. The van der Waals surface area contributed by atoms with Crippen LogP contribution in [0.1, 0.15) is 26.2 Å². The number of hydrogen-bond acceptors (Lipinski definition) is 3. The van der Waals surface area contributed by atoms with Gasteiger partial charge in [-0.15, -0.1) is 0 Å². The summed E-state index contributed by atoms with van der Waals surface area (Å²) in [6, 6.07) is 8.18. The van der Waals surface area contributed by atoms with Crippen molar-refractivity contribution in [2.24, 2.45) is 0 Å². The molecule has 2 N–H and O–H groups in total. The molecule has 0 spiro atoms. The molecule has 1 amide bonds. The van der Waals surface area contributed by atoms with Crippen LogP contribution in [0.5, 0.6) is 0 Å². The summed E-state index contributed by atoms with van der Waals surface area (Å²) in [6.45, 7) is 3.57. The van der Waals surface area contributed by atoms with Gasteiger partial charge in [-0.05, 0) is 30.7 Å². The molecule has 0 bridgehead atoms. The van der Waals surface area contributed by atoms with E-state index >= 15 is 0 Å². The molecule has 0 aliphatic heterocycles. The molecule has 19 heavy (non-hydrogen) atoms. The lowest BCUT2D eigenvalue weighted by Gasteiger charge is -2.13. The first-order chi connectivity index (χ1) is 9.13. The Morgan fingerprint density at radius 3 is 2.42 bits per heavy atom. The number of nitrogens with zero attached hydrogens (tertiary/aromatic N) is 1. The third-order valence-electron chi connectivity index (χ3n) is 2.92. The van der Waals surface area contributed by atoms with Crippen molar-refractivity contribution >= 4 is 17.3 Å². The number of rotatable bonds is 8. The molecule has 0 radical (unpaired) electrons. The number of amides is 1. The molecule has 1 rings (SSSR count). The van der Waals surface area contributed by atoms with E-state index in [2.05, 4.69) is 34.6 Å². The zero-order valence-corrected chi connectivity index (χ0v) is 12.2. The topological polar surface area (TPSA) is 44.4 Å². The largest absolute Gasteiger partial charge is 0.385 e. The van der Waals surface area contributed by atoms with Gasteiger partial charge >= 0.3 is 0 Å². The first-order valence-corrected chi connectivity index (χ1v) is 6.91. The van der Waals surface area contributed by atoms with Gasteiger partial charge in [-0.2, -0.15) is 0 Å². The van der Waals surface area contributed by atoms with Crippen molar-refractivity contribution in [2.75, 3.05) is 37.4 Å². The predicted octanol–water partition coefficient (Wildman–Crippen LogP) is 2.47. The monoisotopic (exact) mass is 263 g/mol. The van der Waals surface area contributed by atoms with Gasteiger partial charge in [0.1, 0.15) is 0 Å².